The smallest absolute Gasteiger partial charge is 0.309 e. The van der Waals surface area contributed by atoms with E-state index in [0.29, 0.717) is 5.82 Å². The Labute approximate surface area is 106 Å². The second kappa shape index (κ2) is 5.49. The molecule has 18 heavy (non-hydrogen) atoms. The number of aryl methyl sites for hydroxylation is 1. The number of carbonyl (C=O) groups excluding carboxylic acids is 1. The fraction of sp³-hybridized carbons (Fsp3) is 0.600. The Kier molecular flexibility index (Phi) is 4.47. The maximum Gasteiger partial charge on any atom is 0.309 e. The topological polar surface area (TPSA) is 92.4 Å². The summed E-state index contributed by atoms with van der Waals surface area (Å²) in [6, 6.07) is 0. The Bertz CT molecular complexity index is 523. The molecule has 0 radical (unpaired) electrons. The number of H-pyrrole nitrogens is 1. The van der Waals surface area contributed by atoms with Gasteiger partial charge in [-0.15, -0.1) is 0 Å². The minimum absolute atomic E-state index is 0.0135. The number of esters is 1. The summed E-state index contributed by atoms with van der Waals surface area (Å²) in [7, 11) is -0.970. The van der Waals surface area contributed by atoms with E-state index in [9.17, 15) is 13.2 Å². The van der Waals surface area contributed by atoms with Gasteiger partial charge in [0.1, 0.15) is 5.82 Å². The number of nitrogens with one attached hydrogen (secondary N) is 1. The van der Waals surface area contributed by atoms with E-state index in [4.69, 9.17) is 0 Å². The third-order valence-electron chi connectivity index (χ3n) is 2.50. The molecule has 0 amide bonds. The average molecular weight is 275 g/mol. The average Bonchev–Trinajstić information content (AvgIpc) is 2.75. The van der Waals surface area contributed by atoms with E-state index in [2.05, 4.69) is 14.7 Å². The first-order chi connectivity index (χ1) is 8.28. The lowest BCUT2D eigenvalue weighted by Crippen LogP contribution is -2.34. The van der Waals surface area contributed by atoms with Crippen LogP contribution in [0, 0.1) is 12.8 Å². The van der Waals surface area contributed by atoms with Gasteiger partial charge in [0, 0.05) is 13.6 Å². The number of sulfonamides is 1. The van der Waals surface area contributed by atoms with Gasteiger partial charge in [-0.3, -0.25) is 4.79 Å². The van der Waals surface area contributed by atoms with Crippen LogP contribution >= 0.6 is 0 Å². The van der Waals surface area contributed by atoms with Crippen molar-refractivity contribution in [1.82, 2.24) is 14.3 Å². The molecule has 0 spiro atoms. The van der Waals surface area contributed by atoms with Crippen LogP contribution in [-0.2, 0) is 19.6 Å². The van der Waals surface area contributed by atoms with Gasteiger partial charge in [-0.1, -0.05) is 6.92 Å². The zero-order valence-corrected chi connectivity index (χ0v) is 11.6. The standard InChI is InChI=1S/C10H17N3O4S/c1-7(10(14)17-4)6-13(3)18(15,16)9-5-11-8(2)12-9/h5,7H,6H2,1-4H3,(H,11,12)/t7-/m0/s1. The molecule has 8 heteroatoms. The Hall–Kier alpha value is -1.41. The Morgan fingerprint density at radius 1 is 1.61 bits per heavy atom. The molecule has 1 rings (SSSR count). The minimum Gasteiger partial charge on any atom is -0.469 e. The summed E-state index contributed by atoms with van der Waals surface area (Å²) < 4.78 is 29.8. The molecule has 0 aliphatic heterocycles. The third-order valence-corrected chi connectivity index (χ3v) is 4.24. The third kappa shape index (κ3) is 3.08. The number of nitrogens with zero attached hydrogens (tertiary/aromatic N) is 2. The molecule has 0 saturated heterocycles. The summed E-state index contributed by atoms with van der Waals surface area (Å²) in [5, 5.41) is 0.0135. The van der Waals surface area contributed by atoms with Crippen LogP contribution in [-0.4, -0.2) is 49.4 Å². The molecular formula is C10H17N3O4S. The highest BCUT2D eigenvalue weighted by Gasteiger charge is 2.26. The second-order valence-corrected chi connectivity index (χ2v) is 6.06. The van der Waals surface area contributed by atoms with Crippen LogP contribution in [0.1, 0.15) is 12.7 Å². The number of aromatic amines is 1. The molecule has 1 aromatic rings. The fourth-order valence-electron chi connectivity index (χ4n) is 1.46. The quantitative estimate of drug-likeness (QED) is 0.772. The SMILES string of the molecule is COC(=O)[C@@H](C)CN(C)S(=O)(=O)c1cnc(C)[nH]1. The van der Waals surface area contributed by atoms with Gasteiger partial charge in [-0.25, -0.2) is 13.4 Å². The molecule has 1 aromatic heterocycles. The predicted octanol–water partition coefficient (Wildman–Crippen LogP) is 0.148. The number of aromatic nitrogens is 2. The summed E-state index contributed by atoms with van der Waals surface area (Å²) >= 11 is 0. The van der Waals surface area contributed by atoms with Crippen LogP contribution < -0.4 is 0 Å². The van der Waals surface area contributed by atoms with Crippen LogP contribution in [0.2, 0.25) is 0 Å². The Morgan fingerprint density at radius 2 is 2.22 bits per heavy atom. The molecule has 0 aliphatic rings. The van der Waals surface area contributed by atoms with Crippen molar-refractivity contribution in [3.05, 3.63) is 12.0 Å². The number of ether oxygens (including phenoxy) is 1. The summed E-state index contributed by atoms with van der Waals surface area (Å²) in [5.41, 5.74) is 0. The molecule has 7 nitrogen and oxygen atoms in total. The maximum atomic E-state index is 12.1. The number of rotatable bonds is 5. The number of hydrogen-bond donors (Lipinski definition) is 1. The van der Waals surface area contributed by atoms with Crippen LogP contribution in [0.15, 0.2) is 11.2 Å². The highest BCUT2D eigenvalue weighted by molar-refractivity contribution is 7.89. The van der Waals surface area contributed by atoms with Crippen molar-refractivity contribution in [2.45, 2.75) is 18.9 Å². The van der Waals surface area contributed by atoms with Gasteiger partial charge in [0.15, 0.2) is 5.03 Å². The van der Waals surface area contributed by atoms with E-state index in [1.807, 2.05) is 0 Å². The second-order valence-electron chi connectivity index (χ2n) is 4.04. The zero-order chi connectivity index (χ0) is 13.9. The van der Waals surface area contributed by atoms with Crippen LogP contribution in [0.3, 0.4) is 0 Å². The molecule has 0 fully saturated rings. The highest BCUT2D eigenvalue weighted by atomic mass is 32.2. The highest BCUT2D eigenvalue weighted by Crippen LogP contribution is 2.13. The van der Waals surface area contributed by atoms with Crippen LogP contribution in [0.25, 0.3) is 0 Å². The molecule has 1 N–H and O–H groups in total. The monoisotopic (exact) mass is 275 g/mol. The molecule has 0 unspecified atom stereocenters. The predicted molar refractivity (Wildman–Crippen MR) is 64.3 cm³/mol. The van der Waals surface area contributed by atoms with E-state index in [1.54, 1.807) is 13.8 Å². The minimum atomic E-state index is -3.65. The first kappa shape index (κ1) is 14.7. The van der Waals surface area contributed by atoms with Gasteiger partial charge < -0.3 is 9.72 Å². The molecular weight excluding hydrogens is 258 g/mol. The van der Waals surface area contributed by atoms with Crippen molar-refractivity contribution >= 4 is 16.0 Å². The first-order valence-corrected chi connectivity index (χ1v) is 6.78. The van der Waals surface area contributed by atoms with Gasteiger partial charge in [-0.05, 0) is 6.92 Å². The lowest BCUT2D eigenvalue weighted by atomic mass is 10.2. The van der Waals surface area contributed by atoms with Gasteiger partial charge in [0.2, 0.25) is 0 Å². The van der Waals surface area contributed by atoms with E-state index in [1.165, 1.54) is 20.4 Å². The van der Waals surface area contributed by atoms with Crippen LogP contribution in [0.5, 0.6) is 0 Å². The van der Waals surface area contributed by atoms with Crippen molar-refractivity contribution in [3.63, 3.8) is 0 Å². The largest absolute Gasteiger partial charge is 0.469 e. The van der Waals surface area contributed by atoms with Crippen molar-refractivity contribution in [2.75, 3.05) is 20.7 Å². The fourth-order valence-corrected chi connectivity index (χ4v) is 2.68. The van der Waals surface area contributed by atoms with E-state index >= 15 is 0 Å². The van der Waals surface area contributed by atoms with Gasteiger partial charge in [0.05, 0.1) is 19.2 Å². The lowest BCUT2D eigenvalue weighted by Gasteiger charge is -2.18. The normalized spacial score (nSPS) is 13.6. The molecule has 0 bridgehead atoms. The van der Waals surface area contributed by atoms with Crippen molar-refractivity contribution in [3.8, 4) is 0 Å². The summed E-state index contributed by atoms with van der Waals surface area (Å²) in [5.74, 6) is -0.459. The molecule has 1 heterocycles. The van der Waals surface area contributed by atoms with Gasteiger partial charge >= 0.3 is 5.97 Å². The molecule has 1 atom stereocenters. The van der Waals surface area contributed by atoms with E-state index in [0.717, 1.165) is 4.31 Å². The lowest BCUT2D eigenvalue weighted by molar-refractivity contribution is -0.144. The van der Waals surface area contributed by atoms with Crippen molar-refractivity contribution < 1.29 is 17.9 Å². The number of imidazole rings is 1. The van der Waals surface area contributed by atoms with Gasteiger partial charge in [0.25, 0.3) is 10.0 Å². The van der Waals surface area contributed by atoms with Gasteiger partial charge in [-0.2, -0.15) is 4.31 Å². The molecule has 0 aliphatic carbocycles. The summed E-state index contributed by atoms with van der Waals surface area (Å²) in [6.07, 6.45) is 1.25. The Morgan fingerprint density at radius 3 is 2.67 bits per heavy atom. The molecule has 0 aromatic carbocycles. The van der Waals surface area contributed by atoms with E-state index < -0.39 is 21.9 Å². The summed E-state index contributed by atoms with van der Waals surface area (Å²) in [4.78, 5) is 17.8. The van der Waals surface area contributed by atoms with Crippen LogP contribution in [0.4, 0.5) is 0 Å². The van der Waals surface area contributed by atoms with E-state index in [-0.39, 0.29) is 11.6 Å². The van der Waals surface area contributed by atoms with Crippen molar-refractivity contribution in [2.24, 2.45) is 5.92 Å². The van der Waals surface area contributed by atoms with Crippen molar-refractivity contribution in [1.29, 1.82) is 0 Å². The summed E-state index contributed by atoms with van der Waals surface area (Å²) in [6.45, 7) is 3.32. The Balaban J connectivity index is 2.83. The first-order valence-electron chi connectivity index (χ1n) is 5.34. The zero-order valence-electron chi connectivity index (χ0n) is 10.8. The number of hydrogen-bond acceptors (Lipinski definition) is 5. The molecule has 102 valence electrons. The number of carbonyl (C=O) groups is 1. The maximum absolute atomic E-state index is 12.1. The number of methoxy groups -OCH3 is 1. The molecule has 0 saturated carbocycles.